The number of rotatable bonds is 2. The van der Waals surface area contributed by atoms with Gasteiger partial charge in [0.15, 0.2) is 0 Å². The van der Waals surface area contributed by atoms with Crippen molar-refractivity contribution in [1.29, 1.82) is 0 Å². The summed E-state index contributed by atoms with van der Waals surface area (Å²) in [6.45, 7) is 0. The Bertz CT molecular complexity index is 288. The Hall–Kier alpha value is -0.900. The van der Waals surface area contributed by atoms with E-state index < -0.39 is 0 Å². The van der Waals surface area contributed by atoms with Gasteiger partial charge in [-0.05, 0) is 12.8 Å². The highest BCUT2D eigenvalue weighted by atomic mass is 32.1. The summed E-state index contributed by atoms with van der Waals surface area (Å²) < 4.78 is 0. The minimum absolute atomic E-state index is 0.569. The topological polar surface area (TPSA) is 40.7 Å². The van der Waals surface area contributed by atoms with Gasteiger partial charge in [0.1, 0.15) is 4.99 Å². The molecule has 14 heavy (non-hydrogen) atoms. The van der Waals surface area contributed by atoms with Crippen LogP contribution >= 0.6 is 12.2 Å². The lowest BCUT2D eigenvalue weighted by atomic mass is 9.95. The van der Waals surface area contributed by atoms with Gasteiger partial charge in [0, 0.05) is 6.04 Å². The van der Waals surface area contributed by atoms with Crippen LogP contribution in [0.4, 0.5) is 0 Å². The Morgan fingerprint density at radius 3 is 2.86 bits per heavy atom. The maximum atomic E-state index is 5.27. The molecule has 2 N–H and O–H groups in total. The van der Waals surface area contributed by atoms with Crippen LogP contribution in [-0.4, -0.2) is 21.0 Å². The Balaban J connectivity index is 1.87. The van der Waals surface area contributed by atoms with Gasteiger partial charge in [0.05, 0.1) is 18.2 Å². The lowest BCUT2D eigenvalue weighted by molar-refractivity contribution is 0.415. The smallest absolute Gasteiger partial charge is 0.124 e. The van der Waals surface area contributed by atoms with Gasteiger partial charge in [0.2, 0.25) is 0 Å². The molecule has 3 nitrogen and oxygen atoms in total. The monoisotopic (exact) mass is 209 g/mol. The molecule has 0 radical (unpaired) electrons. The maximum absolute atomic E-state index is 5.27. The fraction of sp³-hybridized carbons (Fsp3) is 0.600. The maximum Gasteiger partial charge on any atom is 0.124 e. The van der Waals surface area contributed by atoms with E-state index in [0.717, 1.165) is 10.7 Å². The fourth-order valence-corrected chi connectivity index (χ4v) is 2.17. The van der Waals surface area contributed by atoms with E-state index >= 15 is 0 Å². The zero-order valence-electron chi connectivity index (χ0n) is 8.12. The first kappa shape index (κ1) is 9.65. The number of imidazole rings is 1. The van der Waals surface area contributed by atoms with Crippen LogP contribution in [0, 0.1) is 0 Å². The van der Waals surface area contributed by atoms with Crippen molar-refractivity contribution in [2.75, 3.05) is 0 Å². The van der Waals surface area contributed by atoms with E-state index in [1.165, 1.54) is 32.1 Å². The van der Waals surface area contributed by atoms with Gasteiger partial charge in [-0.25, -0.2) is 4.98 Å². The van der Waals surface area contributed by atoms with Gasteiger partial charge in [-0.1, -0.05) is 31.5 Å². The van der Waals surface area contributed by atoms with Crippen LogP contribution in [0.5, 0.6) is 0 Å². The van der Waals surface area contributed by atoms with E-state index in [1.807, 2.05) is 0 Å². The lowest BCUT2D eigenvalue weighted by Crippen LogP contribution is -2.35. The van der Waals surface area contributed by atoms with Gasteiger partial charge < -0.3 is 10.3 Å². The average molecular weight is 209 g/mol. The summed E-state index contributed by atoms with van der Waals surface area (Å²) in [5, 5.41) is 3.38. The van der Waals surface area contributed by atoms with Gasteiger partial charge in [0.25, 0.3) is 0 Å². The normalized spacial score (nSPS) is 18.0. The third-order valence-electron chi connectivity index (χ3n) is 2.68. The number of aromatic amines is 1. The second-order valence-corrected chi connectivity index (χ2v) is 4.18. The van der Waals surface area contributed by atoms with Gasteiger partial charge in [-0.3, -0.25) is 0 Å². The summed E-state index contributed by atoms with van der Waals surface area (Å²) in [6.07, 6.45) is 9.92. The summed E-state index contributed by atoms with van der Waals surface area (Å²) in [5.74, 6) is 0. The number of nitrogens with zero attached hydrogens (tertiary/aromatic N) is 1. The SMILES string of the molecule is S=C(NC1CCCCC1)c1cnc[nH]1. The first-order chi connectivity index (χ1) is 6.86. The Labute approximate surface area is 89.3 Å². The predicted octanol–water partition coefficient (Wildman–Crippen LogP) is 2.01. The van der Waals surface area contributed by atoms with Crippen molar-refractivity contribution >= 4 is 17.2 Å². The van der Waals surface area contributed by atoms with Gasteiger partial charge in [-0.2, -0.15) is 0 Å². The molecule has 0 amide bonds. The van der Waals surface area contributed by atoms with Crippen molar-refractivity contribution in [1.82, 2.24) is 15.3 Å². The summed E-state index contributed by atoms with van der Waals surface area (Å²) in [6, 6.07) is 0.569. The molecule has 1 aliphatic carbocycles. The molecular formula is C10H15N3S. The number of nitrogens with one attached hydrogen (secondary N) is 2. The van der Waals surface area contributed by atoms with Crippen molar-refractivity contribution < 1.29 is 0 Å². The van der Waals surface area contributed by atoms with E-state index in [9.17, 15) is 0 Å². The Morgan fingerprint density at radius 2 is 2.21 bits per heavy atom. The molecule has 0 aromatic carbocycles. The van der Waals surface area contributed by atoms with Crippen molar-refractivity contribution in [3.63, 3.8) is 0 Å². The highest BCUT2D eigenvalue weighted by Crippen LogP contribution is 2.17. The average Bonchev–Trinajstić information content (AvgIpc) is 2.72. The number of thiocarbonyl (C=S) groups is 1. The number of hydrogen-bond donors (Lipinski definition) is 2. The first-order valence-electron chi connectivity index (χ1n) is 5.15. The molecule has 76 valence electrons. The summed E-state index contributed by atoms with van der Waals surface area (Å²) in [4.78, 5) is 7.77. The van der Waals surface area contributed by atoms with Crippen molar-refractivity contribution in [3.8, 4) is 0 Å². The Kier molecular flexibility index (Phi) is 3.14. The van der Waals surface area contributed by atoms with Crippen LogP contribution in [0.15, 0.2) is 12.5 Å². The zero-order chi connectivity index (χ0) is 9.80. The molecule has 0 atom stereocenters. The third kappa shape index (κ3) is 2.32. The Morgan fingerprint density at radius 1 is 1.43 bits per heavy atom. The molecular weight excluding hydrogens is 194 g/mol. The van der Waals surface area contributed by atoms with E-state index in [1.54, 1.807) is 12.5 Å². The highest BCUT2D eigenvalue weighted by Gasteiger charge is 2.14. The number of H-pyrrole nitrogens is 1. The molecule has 1 saturated carbocycles. The highest BCUT2D eigenvalue weighted by molar-refractivity contribution is 7.80. The van der Waals surface area contributed by atoms with Crippen molar-refractivity contribution in [2.45, 2.75) is 38.1 Å². The molecule has 4 heteroatoms. The standard InChI is InChI=1S/C10H15N3S/c14-10(9-6-11-7-12-9)13-8-4-2-1-3-5-8/h6-8H,1-5H2,(H,11,12)(H,13,14). The fourth-order valence-electron chi connectivity index (χ4n) is 1.89. The van der Waals surface area contributed by atoms with Crippen molar-refractivity contribution in [2.24, 2.45) is 0 Å². The van der Waals surface area contributed by atoms with E-state index in [-0.39, 0.29) is 0 Å². The molecule has 1 aromatic rings. The molecule has 2 rings (SSSR count). The first-order valence-corrected chi connectivity index (χ1v) is 5.56. The van der Waals surface area contributed by atoms with Crippen LogP contribution in [0.3, 0.4) is 0 Å². The molecule has 0 aliphatic heterocycles. The largest absolute Gasteiger partial charge is 0.372 e. The second-order valence-electron chi connectivity index (χ2n) is 3.77. The zero-order valence-corrected chi connectivity index (χ0v) is 8.94. The quantitative estimate of drug-likeness (QED) is 0.732. The molecule has 0 unspecified atom stereocenters. The molecule has 1 fully saturated rings. The van der Waals surface area contributed by atoms with E-state index in [0.29, 0.717) is 6.04 Å². The van der Waals surface area contributed by atoms with Crippen LogP contribution in [0.2, 0.25) is 0 Å². The lowest BCUT2D eigenvalue weighted by Gasteiger charge is -2.23. The van der Waals surface area contributed by atoms with E-state index in [2.05, 4.69) is 15.3 Å². The van der Waals surface area contributed by atoms with Crippen LogP contribution in [0.1, 0.15) is 37.8 Å². The number of hydrogen-bond acceptors (Lipinski definition) is 2. The molecule has 0 saturated heterocycles. The van der Waals surface area contributed by atoms with Gasteiger partial charge >= 0.3 is 0 Å². The summed E-state index contributed by atoms with van der Waals surface area (Å²) >= 11 is 5.27. The van der Waals surface area contributed by atoms with Crippen LogP contribution in [-0.2, 0) is 0 Å². The number of aromatic nitrogens is 2. The summed E-state index contributed by atoms with van der Waals surface area (Å²) in [7, 11) is 0. The van der Waals surface area contributed by atoms with E-state index in [4.69, 9.17) is 12.2 Å². The minimum Gasteiger partial charge on any atom is -0.372 e. The molecule has 0 bridgehead atoms. The predicted molar refractivity (Wildman–Crippen MR) is 60.3 cm³/mol. The second kappa shape index (κ2) is 4.55. The van der Waals surface area contributed by atoms with Crippen LogP contribution < -0.4 is 5.32 Å². The van der Waals surface area contributed by atoms with Crippen molar-refractivity contribution in [3.05, 3.63) is 18.2 Å². The molecule has 1 aliphatic rings. The molecule has 0 spiro atoms. The molecule has 1 aromatic heterocycles. The van der Waals surface area contributed by atoms with Gasteiger partial charge in [-0.15, -0.1) is 0 Å². The molecule has 1 heterocycles. The summed E-state index contributed by atoms with van der Waals surface area (Å²) in [5.41, 5.74) is 0.922. The van der Waals surface area contributed by atoms with Crippen LogP contribution in [0.25, 0.3) is 0 Å². The minimum atomic E-state index is 0.569. The third-order valence-corrected chi connectivity index (χ3v) is 3.02.